The number of nitrogens with two attached hydrogens (primary N) is 1. The van der Waals surface area contributed by atoms with Gasteiger partial charge in [-0.05, 0) is 31.2 Å². The zero-order valence-electron chi connectivity index (χ0n) is 14.8. The highest BCUT2D eigenvalue weighted by molar-refractivity contribution is 8.00. The molecule has 4 rings (SSSR count). The lowest BCUT2D eigenvalue weighted by atomic mass is 10.0. The molecule has 0 bridgehead atoms. The first kappa shape index (κ1) is 18.5. The number of carbonyl (C=O) groups excluding carboxylic acids is 1. The van der Waals surface area contributed by atoms with Crippen LogP contribution < -0.4 is 5.73 Å². The first-order valence-electron chi connectivity index (χ1n) is 8.47. The Hall–Kier alpha value is -2.90. The molecule has 1 atom stereocenters. The minimum atomic E-state index is -0.466. The molecule has 4 aromatic rings. The van der Waals surface area contributed by atoms with Gasteiger partial charge in [-0.1, -0.05) is 53.7 Å². The number of thioether (sulfide) groups is 1. The predicted molar refractivity (Wildman–Crippen MR) is 110 cm³/mol. The number of para-hydroxylation sites is 1. The van der Waals surface area contributed by atoms with Crippen LogP contribution in [-0.4, -0.2) is 26.3 Å². The van der Waals surface area contributed by atoms with Gasteiger partial charge in [0.1, 0.15) is 0 Å². The molecule has 8 heteroatoms. The van der Waals surface area contributed by atoms with Gasteiger partial charge in [-0.3, -0.25) is 4.79 Å². The standard InChI is InChI=1S/C20H15ClN4O2S/c1-11(18(22)26)28-20-25-24-19(27-20)15-10-17(12-6-8-13(21)9-7-12)23-16-5-3-2-4-14(15)16/h2-11H,1H3,(H2,22,26). The lowest BCUT2D eigenvalue weighted by Gasteiger charge is -2.07. The van der Waals surface area contributed by atoms with Crippen molar-refractivity contribution in [3.8, 4) is 22.7 Å². The van der Waals surface area contributed by atoms with Crippen LogP contribution in [0.15, 0.2) is 64.2 Å². The molecular weight excluding hydrogens is 396 g/mol. The first-order chi connectivity index (χ1) is 13.5. The number of primary amides is 1. The van der Waals surface area contributed by atoms with Crippen molar-refractivity contribution < 1.29 is 9.21 Å². The van der Waals surface area contributed by atoms with Crippen molar-refractivity contribution in [1.29, 1.82) is 0 Å². The molecule has 2 aromatic heterocycles. The molecule has 0 radical (unpaired) electrons. The van der Waals surface area contributed by atoms with Crippen molar-refractivity contribution in [1.82, 2.24) is 15.2 Å². The maximum Gasteiger partial charge on any atom is 0.277 e. The van der Waals surface area contributed by atoms with E-state index in [-0.39, 0.29) is 5.22 Å². The Labute approximate surface area is 170 Å². The molecule has 28 heavy (non-hydrogen) atoms. The van der Waals surface area contributed by atoms with Crippen LogP contribution in [0.5, 0.6) is 0 Å². The molecule has 0 aliphatic carbocycles. The number of fused-ring (bicyclic) bond motifs is 1. The van der Waals surface area contributed by atoms with E-state index in [1.807, 2.05) is 54.6 Å². The molecular formula is C20H15ClN4O2S. The van der Waals surface area contributed by atoms with Gasteiger partial charge < -0.3 is 10.2 Å². The highest BCUT2D eigenvalue weighted by Crippen LogP contribution is 2.33. The predicted octanol–water partition coefficient (Wildman–Crippen LogP) is 4.57. The summed E-state index contributed by atoms with van der Waals surface area (Å²) >= 11 is 7.13. The zero-order valence-corrected chi connectivity index (χ0v) is 16.4. The number of amides is 1. The lowest BCUT2D eigenvalue weighted by Crippen LogP contribution is -2.22. The van der Waals surface area contributed by atoms with E-state index in [2.05, 4.69) is 10.2 Å². The van der Waals surface area contributed by atoms with E-state index >= 15 is 0 Å². The number of hydrogen-bond acceptors (Lipinski definition) is 6. The van der Waals surface area contributed by atoms with Crippen LogP contribution in [0.3, 0.4) is 0 Å². The van der Waals surface area contributed by atoms with Crippen molar-refractivity contribution >= 4 is 40.2 Å². The van der Waals surface area contributed by atoms with Gasteiger partial charge in [0.2, 0.25) is 11.8 Å². The van der Waals surface area contributed by atoms with Gasteiger partial charge in [0.05, 0.1) is 22.0 Å². The Balaban J connectivity index is 1.81. The number of pyridine rings is 1. The van der Waals surface area contributed by atoms with Crippen molar-refractivity contribution in [3.05, 3.63) is 59.6 Å². The number of benzene rings is 2. The van der Waals surface area contributed by atoms with Crippen LogP contribution in [0.2, 0.25) is 5.02 Å². The van der Waals surface area contributed by atoms with Gasteiger partial charge in [0, 0.05) is 16.0 Å². The van der Waals surface area contributed by atoms with Crippen LogP contribution in [0.1, 0.15) is 6.92 Å². The van der Waals surface area contributed by atoms with Gasteiger partial charge in [-0.15, -0.1) is 10.2 Å². The van der Waals surface area contributed by atoms with Crippen LogP contribution >= 0.6 is 23.4 Å². The maximum atomic E-state index is 11.3. The first-order valence-corrected chi connectivity index (χ1v) is 9.72. The number of nitrogens with zero attached hydrogens (tertiary/aromatic N) is 3. The normalized spacial score (nSPS) is 12.2. The number of halogens is 1. The van der Waals surface area contributed by atoms with E-state index in [0.29, 0.717) is 10.9 Å². The highest BCUT2D eigenvalue weighted by atomic mass is 35.5. The molecule has 0 spiro atoms. The Bertz CT molecular complexity index is 1160. The van der Waals surface area contributed by atoms with Crippen molar-refractivity contribution in [2.24, 2.45) is 5.73 Å². The third kappa shape index (κ3) is 3.72. The van der Waals surface area contributed by atoms with Gasteiger partial charge in [0.15, 0.2) is 0 Å². The molecule has 1 unspecified atom stereocenters. The van der Waals surface area contributed by atoms with Crippen molar-refractivity contribution in [3.63, 3.8) is 0 Å². The average molecular weight is 411 g/mol. The SMILES string of the molecule is CC(Sc1nnc(-c2cc(-c3ccc(Cl)cc3)nc3ccccc23)o1)C(N)=O. The average Bonchev–Trinajstić information content (AvgIpc) is 3.16. The van der Waals surface area contributed by atoms with Crippen LogP contribution in [0.25, 0.3) is 33.6 Å². The van der Waals surface area contributed by atoms with Crippen LogP contribution in [0.4, 0.5) is 0 Å². The molecule has 2 N–H and O–H groups in total. The van der Waals surface area contributed by atoms with E-state index in [9.17, 15) is 4.79 Å². The quantitative estimate of drug-likeness (QED) is 0.484. The molecule has 140 valence electrons. The summed E-state index contributed by atoms with van der Waals surface area (Å²) in [5, 5.41) is 9.57. The molecule has 0 saturated carbocycles. The van der Waals surface area contributed by atoms with Gasteiger partial charge in [0.25, 0.3) is 5.22 Å². The van der Waals surface area contributed by atoms with E-state index in [0.717, 1.165) is 39.5 Å². The van der Waals surface area contributed by atoms with Crippen molar-refractivity contribution in [2.45, 2.75) is 17.4 Å². The molecule has 0 fully saturated rings. The Morgan fingerprint density at radius 3 is 2.64 bits per heavy atom. The zero-order chi connectivity index (χ0) is 19.7. The van der Waals surface area contributed by atoms with Gasteiger partial charge in [-0.25, -0.2) is 4.98 Å². The van der Waals surface area contributed by atoms with Gasteiger partial charge >= 0.3 is 0 Å². The highest BCUT2D eigenvalue weighted by Gasteiger charge is 2.18. The molecule has 6 nitrogen and oxygen atoms in total. The fraction of sp³-hybridized carbons (Fsp3) is 0.100. The second-order valence-corrected chi connectivity index (χ2v) is 7.84. The Morgan fingerprint density at radius 2 is 1.89 bits per heavy atom. The largest absolute Gasteiger partial charge is 0.411 e. The molecule has 0 aliphatic rings. The summed E-state index contributed by atoms with van der Waals surface area (Å²) in [6.45, 7) is 1.69. The summed E-state index contributed by atoms with van der Waals surface area (Å²) in [4.78, 5) is 16.0. The summed E-state index contributed by atoms with van der Waals surface area (Å²) in [5.41, 5.74) is 8.57. The minimum absolute atomic E-state index is 0.287. The number of hydrogen-bond donors (Lipinski definition) is 1. The number of aromatic nitrogens is 3. The smallest absolute Gasteiger partial charge is 0.277 e. The van der Waals surface area contributed by atoms with Crippen molar-refractivity contribution in [2.75, 3.05) is 0 Å². The molecule has 2 aromatic carbocycles. The van der Waals surface area contributed by atoms with Crippen LogP contribution in [0, 0.1) is 0 Å². The molecule has 0 saturated heterocycles. The summed E-state index contributed by atoms with van der Waals surface area (Å²) in [6, 6.07) is 17.1. The summed E-state index contributed by atoms with van der Waals surface area (Å²) in [7, 11) is 0. The minimum Gasteiger partial charge on any atom is -0.411 e. The molecule has 0 aliphatic heterocycles. The maximum absolute atomic E-state index is 11.3. The summed E-state index contributed by atoms with van der Waals surface area (Å²) in [5.74, 6) is -0.0860. The van der Waals surface area contributed by atoms with E-state index in [1.165, 1.54) is 0 Å². The summed E-state index contributed by atoms with van der Waals surface area (Å²) < 4.78 is 5.79. The summed E-state index contributed by atoms with van der Waals surface area (Å²) in [6.07, 6.45) is 0. The second-order valence-electron chi connectivity index (χ2n) is 6.11. The van der Waals surface area contributed by atoms with E-state index in [1.54, 1.807) is 6.92 Å². The fourth-order valence-corrected chi connectivity index (χ4v) is 3.46. The van der Waals surface area contributed by atoms with Gasteiger partial charge in [-0.2, -0.15) is 0 Å². The Morgan fingerprint density at radius 1 is 1.14 bits per heavy atom. The van der Waals surface area contributed by atoms with E-state index in [4.69, 9.17) is 26.7 Å². The Kier molecular flexibility index (Phi) is 5.02. The molecule has 2 heterocycles. The monoisotopic (exact) mass is 410 g/mol. The third-order valence-corrected chi connectivity index (χ3v) is 5.38. The third-order valence-electron chi connectivity index (χ3n) is 4.17. The fourth-order valence-electron chi connectivity index (χ4n) is 2.70. The van der Waals surface area contributed by atoms with Crippen LogP contribution in [-0.2, 0) is 4.79 Å². The van der Waals surface area contributed by atoms with E-state index < -0.39 is 11.2 Å². The number of carbonyl (C=O) groups is 1. The molecule has 1 amide bonds. The topological polar surface area (TPSA) is 94.9 Å². The second kappa shape index (κ2) is 7.61. The number of rotatable bonds is 5. The lowest BCUT2D eigenvalue weighted by molar-refractivity contribution is -0.117.